The highest BCUT2D eigenvalue weighted by Gasteiger charge is 2.55. The Kier molecular flexibility index (Phi) is 4.25. The molecule has 1 aromatic rings. The zero-order valence-electron chi connectivity index (χ0n) is 15.6. The van der Waals surface area contributed by atoms with Crippen molar-refractivity contribution in [2.45, 2.75) is 58.1 Å². The normalized spacial score (nSPS) is 23.8. The van der Waals surface area contributed by atoms with Crippen LogP contribution in [0.2, 0.25) is 0 Å². The molecule has 0 unspecified atom stereocenters. The van der Waals surface area contributed by atoms with E-state index in [-0.39, 0.29) is 12.1 Å². The van der Waals surface area contributed by atoms with E-state index in [9.17, 15) is 4.79 Å². The van der Waals surface area contributed by atoms with Gasteiger partial charge < -0.3 is 4.74 Å². The van der Waals surface area contributed by atoms with Gasteiger partial charge in [0, 0.05) is 29.3 Å². The Hall–Kier alpha value is -1.62. The molecule has 1 atom stereocenters. The van der Waals surface area contributed by atoms with Crippen molar-refractivity contribution in [3.05, 3.63) is 40.5 Å². The van der Waals surface area contributed by atoms with Gasteiger partial charge in [-0.15, -0.1) is 0 Å². The molecule has 1 spiro atoms. The maximum absolute atomic E-state index is 12.8. The third-order valence-electron chi connectivity index (χ3n) is 5.45. The minimum Gasteiger partial charge on any atom is -0.444 e. The molecular formula is C21H25BrN2O2. The first-order valence-corrected chi connectivity index (χ1v) is 10.1. The molecule has 0 N–H and O–H groups in total. The highest BCUT2D eigenvalue weighted by Crippen LogP contribution is 2.55. The van der Waals surface area contributed by atoms with Crippen LogP contribution in [0.25, 0.3) is 5.57 Å². The lowest BCUT2D eigenvalue weighted by molar-refractivity contribution is 0.0257. The molecule has 4 rings (SSSR count). The summed E-state index contributed by atoms with van der Waals surface area (Å²) in [5.41, 5.74) is 3.34. The number of rotatable bonds is 2. The minimum absolute atomic E-state index is 0.0662. The van der Waals surface area contributed by atoms with E-state index in [1.54, 1.807) is 0 Å². The summed E-state index contributed by atoms with van der Waals surface area (Å²) in [6, 6.07) is 8.39. The van der Waals surface area contributed by atoms with Crippen molar-refractivity contribution in [3.8, 4) is 0 Å². The van der Waals surface area contributed by atoms with Crippen molar-refractivity contribution < 1.29 is 9.53 Å². The van der Waals surface area contributed by atoms with Gasteiger partial charge in [0.1, 0.15) is 5.60 Å². The molecule has 2 heterocycles. The van der Waals surface area contributed by atoms with Gasteiger partial charge in [0.05, 0.1) is 6.04 Å². The highest BCUT2D eigenvalue weighted by atomic mass is 79.9. The van der Waals surface area contributed by atoms with Crippen LogP contribution in [0, 0.1) is 5.41 Å². The summed E-state index contributed by atoms with van der Waals surface area (Å²) in [5, 5.41) is 0. The summed E-state index contributed by atoms with van der Waals surface area (Å²) in [7, 11) is 0. The monoisotopic (exact) mass is 416 g/mol. The lowest BCUT2D eigenvalue weighted by Gasteiger charge is -2.28. The van der Waals surface area contributed by atoms with Gasteiger partial charge >= 0.3 is 6.09 Å². The van der Waals surface area contributed by atoms with E-state index >= 15 is 0 Å². The number of likely N-dealkylation sites (tertiary alicyclic amines) is 1. The summed E-state index contributed by atoms with van der Waals surface area (Å²) >= 11 is 3.48. The summed E-state index contributed by atoms with van der Waals surface area (Å²) in [6.07, 6.45) is 6.01. The summed E-state index contributed by atoms with van der Waals surface area (Å²) in [5.74, 6) is 0. The molecule has 0 aromatic heterocycles. The lowest BCUT2D eigenvalue weighted by Crippen LogP contribution is -2.43. The Morgan fingerprint density at radius 1 is 1.27 bits per heavy atom. The molecular weight excluding hydrogens is 392 g/mol. The van der Waals surface area contributed by atoms with Crippen LogP contribution in [0.5, 0.6) is 0 Å². The van der Waals surface area contributed by atoms with Crippen LogP contribution >= 0.6 is 15.9 Å². The second-order valence-electron chi connectivity index (χ2n) is 8.79. The molecule has 3 aliphatic rings. The highest BCUT2D eigenvalue weighted by molar-refractivity contribution is 9.10. The smallest absolute Gasteiger partial charge is 0.410 e. The van der Waals surface area contributed by atoms with Gasteiger partial charge in [-0.1, -0.05) is 28.1 Å². The maximum atomic E-state index is 12.8. The Balaban J connectivity index is 1.49. The second kappa shape index (κ2) is 6.22. The lowest BCUT2D eigenvalue weighted by atomic mass is 9.95. The minimum atomic E-state index is -0.473. The van der Waals surface area contributed by atoms with Gasteiger partial charge in [-0.2, -0.15) is 0 Å². The predicted molar refractivity (Wildman–Crippen MR) is 107 cm³/mol. The topological polar surface area (TPSA) is 41.9 Å². The molecule has 2 fully saturated rings. The quantitative estimate of drug-likeness (QED) is 0.645. The number of nitrogens with zero attached hydrogens (tertiary/aromatic N) is 2. The molecule has 138 valence electrons. The molecule has 4 nitrogen and oxygen atoms in total. The fourth-order valence-corrected chi connectivity index (χ4v) is 4.16. The molecule has 1 aliphatic carbocycles. The largest absolute Gasteiger partial charge is 0.444 e. The fourth-order valence-electron chi connectivity index (χ4n) is 3.90. The Morgan fingerprint density at radius 2 is 1.96 bits per heavy atom. The molecule has 0 radical (unpaired) electrons. The zero-order valence-corrected chi connectivity index (χ0v) is 17.2. The van der Waals surface area contributed by atoms with E-state index in [1.807, 2.05) is 31.9 Å². The van der Waals surface area contributed by atoms with Crippen molar-refractivity contribution in [3.63, 3.8) is 0 Å². The molecule has 2 aliphatic heterocycles. The van der Waals surface area contributed by atoms with E-state index < -0.39 is 5.60 Å². The average molecular weight is 417 g/mol. The summed E-state index contributed by atoms with van der Waals surface area (Å²) in [4.78, 5) is 19.4. The first kappa shape index (κ1) is 17.8. The number of ether oxygens (including phenoxy) is 1. The third kappa shape index (κ3) is 3.59. The van der Waals surface area contributed by atoms with E-state index in [4.69, 9.17) is 9.73 Å². The SMILES string of the molecule is CC(C)(C)OC(=O)N1CC2(CC2)C[C@H]1C1=NC=C(c2ccc(Br)cc2)C1. The van der Waals surface area contributed by atoms with Crippen molar-refractivity contribution in [2.75, 3.05) is 6.54 Å². The molecule has 1 saturated carbocycles. The fraction of sp³-hybridized carbons (Fsp3) is 0.524. The van der Waals surface area contributed by atoms with Gasteiger partial charge in [0.25, 0.3) is 0 Å². The van der Waals surface area contributed by atoms with Crippen LogP contribution in [0.3, 0.4) is 0 Å². The molecule has 1 aromatic carbocycles. The van der Waals surface area contributed by atoms with Crippen molar-refractivity contribution in [1.82, 2.24) is 4.90 Å². The first-order chi connectivity index (χ1) is 12.2. The number of carbonyl (C=O) groups is 1. The number of hydrogen-bond donors (Lipinski definition) is 0. The molecule has 26 heavy (non-hydrogen) atoms. The Bertz CT molecular complexity index is 785. The maximum Gasteiger partial charge on any atom is 0.410 e. The molecule has 1 saturated heterocycles. The number of allylic oxidation sites excluding steroid dienone is 1. The average Bonchev–Trinajstić information content (AvgIpc) is 2.98. The van der Waals surface area contributed by atoms with Crippen LogP contribution in [-0.2, 0) is 4.74 Å². The predicted octanol–water partition coefficient (Wildman–Crippen LogP) is 5.42. The van der Waals surface area contributed by atoms with E-state index in [1.165, 1.54) is 24.0 Å². The Labute approximate surface area is 163 Å². The van der Waals surface area contributed by atoms with Crippen LogP contribution in [0.4, 0.5) is 4.79 Å². The van der Waals surface area contributed by atoms with E-state index in [0.717, 1.165) is 29.6 Å². The number of aliphatic imine (C=N–C) groups is 1. The van der Waals surface area contributed by atoms with Crippen LogP contribution in [-0.4, -0.2) is 34.9 Å². The van der Waals surface area contributed by atoms with Crippen molar-refractivity contribution in [1.29, 1.82) is 0 Å². The molecule has 1 amide bonds. The van der Waals surface area contributed by atoms with Crippen molar-refractivity contribution >= 4 is 33.3 Å². The van der Waals surface area contributed by atoms with Crippen LogP contribution in [0.1, 0.15) is 52.0 Å². The standard InChI is InChI=1S/C21H25BrN2O2/c1-20(2,3)26-19(25)24-13-21(8-9-21)11-18(24)17-10-15(12-23-17)14-4-6-16(22)7-5-14/h4-7,12,18H,8-11,13H2,1-3H3/t18-/m0/s1. The molecule has 5 heteroatoms. The number of amides is 1. The molecule has 0 bridgehead atoms. The summed E-state index contributed by atoms with van der Waals surface area (Å²) < 4.78 is 6.74. The second-order valence-corrected chi connectivity index (χ2v) is 9.70. The number of carbonyl (C=O) groups excluding carboxylic acids is 1. The van der Waals surface area contributed by atoms with Crippen LogP contribution < -0.4 is 0 Å². The van der Waals surface area contributed by atoms with Crippen LogP contribution in [0.15, 0.2) is 39.9 Å². The first-order valence-electron chi connectivity index (χ1n) is 9.26. The number of benzene rings is 1. The third-order valence-corrected chi connectivity index (χ3v) is 5.98. The zero-order chi connectivity index (χ0) is 18.5. The van der Waals surface area contributed by atoms with E-state index in [2.05, 4.69) is 40.2 Å². The summed E-state index contributed by atoms with van der Waals surface area (Å²) in [6.45, 7) is 6.56. The van der Waals surface area contributed by atoms with Gasteiger partial charge in [-0.3, -0.25) is 9.89 Å². The van der Waals surface area contributed by atoms with Gasteiger partial charge in [0.15, 0.2) is 0 Å². The van der Waals surface area contributed by atoms with Gasteiger partial charge in [-0.25, -0.2) is 4.79 Å². The Morgan fingerprint density at radius 3 is 2.58 bits per heavy atom. The van der Waals surface area contributed by atoms with Gasteiger partial charge in [0.2, 0.25) is 0 Å². The van der Waals surface area contributed by atoms with Crippen molar-refractivity contribution in [2.24, 2.45) is 10.4 Å². The van der Waals surface area contributed by atoms with Gasteiger partial charge in [-0.05, 0) is 68.7 Å². The number of hydrogen-bond acceptors (Lipinski definition) is 3. The van der Waals surface area contributed by atoms with E-state index in [0.29, 0.717) is 5.41 Å². The number of halogens is 1.